The maximum Gasteiger partial charge on any atom is 0.303 e. The van der Waals surface area contributed by atoms with Crippen LogP contribution < -0.4 is 0 Å². The number of aliphatic carboxylic acids is 1. The van der Waals surface area contributed by atoms with E-state index in [1.165, 1.54) is 154 Å². The van der Waals surface area contributed by atoms with Gasteiger partial charge in [-0.25, -0.2) is 0 Å². The third kappa shape index (κ3) is 33.2. The Labute approximate surface area is 226 Å². The summed E-state index contributed by atoms with van der Waals surface area (Å²) in [4.78, 5) is 10.5. The van der Waals surface area contributed by atoms with Gasteiger partial charge in [-0.2, -0.15) is 0 Å². The van der Waals surface area contributed by atoms with E-state index in [1.54, 1.807) is 0 Å². The molecule has 0 aromatic heterocycles. The third-order valence-electron chi connectivity index (χ3n) is 7.23. The standard InChI is InChI=1S/C33H64O3/c1-2-3-4-5-6-7-8-9-10-11-13-16-19-22-25-28-31-36-32-29-26-23-20-17-14-12-15-18-21-24-27-30-33(34)35/h9-10H,2-8,11-32H2,1H3,(H,34,35)/b10-9-. The Morgan fingerprint density at radius 3 is 1.22 bits per heavy atom. The van der Waals surface area contributed by atoms with Crippen LogP contribution in [0.25, 0.3) is 0 Å². The summed E-state index contributed by atoms with van der Waals surface area (Å²) in [6.07, 6.45) is 39.2. The lowest BCUT2D eigenvalue weighted by atomic mass is 10.0. The van der Waals surface area contributed by atoms with E-state index in [0.29, 0.717) is 6.42 Å². The molecule has 1 N–H and O–H groups in total. The predicted octanol–water partition coefficient (Wildman–Crippen LogP) is 11.2. The van der Waals surface area contributed by atoms with Gasteiger partial charge in [-0.3, -0.25) is 4.79 Å². The molecule has 0 aliphatic rings. The highest BCUT2D eigenvalue weighted by Gasteiger charge is 1.97. The van der Waals surface area contributed by atoms with Gasteiger partial charge in [0, 0.05) is 19.6 Å². The molecule has 0 radical (unpaired) electrons. The highest BCUT2D eigenvalue weighted by Crippen LogP contribution is 2.13. The van der Waals surface area contributed by atoms with Crippen molar-refractivity contribution < 1.29 is 14.6 Å². The third-order valence-corrected chi connectivity index (χ3v) is 7.23. The van der Waals surface area contributed by atoms with Crippen LogP contribution in [0, 0.1) is 0 Å². The fourth-order valence-electron chi connectivity index (χ4n) is 4.80. The Morgan fingerprint density at radius 2 is 0.833 bits per heavy atom. The van der Waals surface area contributed by atoms with Crippen molar-refractivity contribution in [1.29, 1.82) is 0 Å². The molecule has 0 saturated heterocycles. The topological polar surface area (TPSA) is 46.5 Å². The van der Waals surface area contributed by atoms with E-state index < -0.39 is 5.97 Å². The van der Waals surface area contributed by atoms with Gasteiger partial charge < -0.3 is 9.84 Å². The molecule has 36 heavy (non-hydrogen) atoms. The molecule has 0 amide bonds. The second-order valence-electron chi connectivity index (χ2n) is 10.9. The van der Waals surface area contributed by atoms with Crippen molar-refractivity contribution in [1.82, 2.24) is 0 Å². The van der Waals surface area contributed by atoms with Gasteiger partial charge in [0.25, 0.3) is 0 Å². The normalized spacial score (nSPS) is 11.6. The van der Waals surface area contributed by atoms with Crippen LogP contribution in [0.15, 0.2) is 12.2 Å². The molecule has 3 heteroatoms. The first-order valence-electron chi connectivity index (χ1n) is 16.2. The monoisotopic (exact) mass is 508 g/mol. The summed E-state index contributed by atoms with van der Waals surface area (Å²) >= 11 is 0. The quantitative estimate of drug-likeness (QED) is 0.0748. The molecule has 0 spiro atoms. The molecule has 0 aliphatic heterocycles. The molecule has 0 saturated carbocycles. The average Bonchev–Trinajstić information content (AvgIpc) is 2.87. The number of hydrogen-bond acceptors (Lipinski definition) is 2. The molecule has 0 aromatic rings. The van der Waals surface area contributed by atoms with E-state index >= 15 is 0 Å². The van der Waals surface area contributed by atoms with E-state index in [-0.39, 0.29) is 0 Å². The summed E-state index contributed by atoms with van der Waals surface area (Å²) in [7, 11) is 0. The van der Waals surface area contributed by atoms with Crippen LogP contribution in [0.2, 0.25) is 0 Å². The molecule has 0 heterocycles. The number of hydrogen-bond donors (Lipinski definition) is 1. The fraction of sp³-hybridized carbons (Fsp3) is 0.909. The summed E-state index contributed by atoms with van der Waals surface area (Å²) < 4.78 is 5.82. The molecule has 0 atom stereocenters. The summed E-state index contributed by atoms with van der Waals surface area (Å²) in [6, 6.07) is 0. The van der Waals surface area contributed by atoms with E-state index in [0.717, 1.165) is 26.1 Å². The van der Waals surface area contributed by atoms with Crippen molar-refractivity contribution in [2.75, 3.05) is 13.2 Å². The number of carboxylic acids is 1. The number of ether oxygens (including phenoxy) is 1. The van der Waals surface area contributed by atoms with E-state index in [1.807, 2.05) is 0 Å². The number of carbonyl (C=O) groups is 1. The zero-order valence-corrected chi connectivity index (χ0v) is 24.4. The molecule has 0 rings (SSSR count). The Hall–Kier alpha value is -0.830. The van der Waals surface area contributed by atoms with Crippen LogP contribution in [-0.4, -0.2) is 24.3 Å². The molecular formula is C33H64O3. The van der Waals surface area contributed by atoms with E-state index in [4.69, 9.17) is 9.84 Å². The number of rotatable bonds is 31. The largest absolute Gasteiger partial charge is 0.481 e. The van der Waals surface area contributed by atoms with Gasteiger partial charge in [-0.05, 0) is 44.9 Å². The molecule has 0 aromatic carbocycles. The van der Waals surface area contributed by atoms with Gasteiger partial charge in [-0.15, -0.1) is 0 Å². The van der Waals surface area contributed by atoms with Gasteiger partial charge >= 0.3 is 5.97 Å². The minimum atomic E-state index is -0.657. The minimum Gasteiger partial charge on any atom is -0.481 e. The molecule has 0 fully saturated rings. The van der Waals surface area contributed by atoms with Gasteiger partial charge in [0.2, 0.25) is 0 Å². The van der Waals surface area contributed by atoms with Crippen molar-refractivity contribution in [3.8, 4) is 0 Å². The lowest BCUT2D eigenvalue weighted by Crippen LogP contribution is -1.97. The number of allylic oxidation sites excluding steroid dienone is 2. The van der Waals surface area contributed by atoms with Gasteiger partial charge in [0.05, 0.1) is 0 Å². The maximum absolute atomic E-state index is 10.5. The second-order valence-corrected chi connectivity index (χ2v) is 10.9. The van der Waals surface area contributed by atoms with Crippen molar-refractivity contribution in [3.05, 3.63) is 12.2 Å². The second kappa shape index (κ2) is 32.2. The highest BCUT2D eigenvalue weighted by molar-refractivity contribution is 5.66. The first-order chi connectivity index (χ1) is 17.8. The van der Waals surface area contributed by atoms with E-state index in [9.17, 15) is 4.79 Å². The zero-order chi connectivity index (χ0) is 26.2. The van der Waals surface area contributed by atoms with Crippen LogP contribution in [0.4, 0.5) is 0 Å². The highest BCUT2D eigenvalue weighted by atomic mass is 16.5. The molecular weight excluding hydrogens is 444 g/mol. The van der Waals surface area contributed by atoms with Crippen molar-refractivity contribution in [3.63, 3.8) is 0 Å². The summed E-state index contributed by atoms with van der Waals surface area (Å²) in [6.45, 7) is 4.19. The maximum atomic E-state index is 10.5. The average molecular weight is 509 g/mol. The Morgan fingerprint density at radius 1 is 0.500 bits per heavy atom. The van der Waals surface area contributed by atoms with Gasteiger partial charge in [-0.1, -0.05) is 141 Å². The molecule has 0 aliphatic carbocycles. The summed E-state index contributed by atoms with van der Waals surface area (Å²) in [5.74, 6) is -0.657. The Balaban J connectivity index is 3.06. The van der Waals surface area contributed by atoms with Crippen molar-refractivity contribution in [2.24, 2.45) is 0 Å². The zero-order valence-electron chi connectivity index (χ0n) is 24.4. The van der Waals surface area contributed by atoms with Crippen molar-refractivity contribution in [2.45, 2.75) is 180 Å². The Kier molecular flexibility index (Phi) is 31.5. The lowest BCUT2D eigenvalue weighted by molar-refractivity contribution is -0.137. The number of unbranched alkanes of at least 4 members (excludes halogenated alkanes) is 23. The van der Waals surface area contributed by atoms with Gasteiger partial charge in [0.1, 0.15) is 0 Å². The fourth-order valence-corrected chi connectivity index (χ4v) is 4.80. The summed E-state index contributed by atoms with van der Waals surface area (Å²) in [5.41, 5.74) is 0. The number of carboxylic acid groups (broad SMARTS) is 1. The smallest absolute Gasteiger partial charge is 0.303 e. The predicted molar refractivity (Wildman–Crippen MR) is 158 cm³/mol. The van der Waals surface area contributed by atoms with Crippen molar-refractivity contribution >= 4 is 5.97 Å². The van der Waals surface area contributed by atoms with Crippen LogP contribution in [-0.2, 0) is 9.53 Å². The van der Waals surface area contributed by atoms with Crippen LogP contribution in [0.5, 0.6) is 0 Å². The van der Waals surface area contributed by atoms with Crippen LogP contribution in [0.3, 0.4) is 0 Å². The molecule has 0 bridgehead atoms. The first kappa shape index (κ1) is 35.2. The first-order valence-corrected chi connectivity index (χ1v) is 16.2. The lowest BCUT2D eigenvalue weighted by Gasteiger charge is -2.05. The summed E-state index contributed by atoms with van der Waals surface area (Å²) in [5, 5.41) is 8.61. The van der Waals surface area contributed by atoms with Gasteiger partial charge in [0.15, 0.2) is 0 Å². The van der Waals surface area contributed by atoms with E-state index in [2.05, 4.69) is 19.1 Å². The van der Waals surface area contributed by atoms with Crippen LogP contribution in [0.1, 0.15) is 180 Å². The molecule has 3 nitrogen and oxygen atoms in total. The van der Waals surface area contributed by atoms with Crippen LogP contribution >= 0.6 is 0 Å². The SMILES string of the molecule is CCCCCCCC/C=C\CCCCCCCCOCCCCCCCCCCCCCCC(=O)O. The molecule has 214 valence electrons. The minimum absolute atomic E-state index is 0.336. The molecule has 0 unspecified atom stereocenters. The Bertz CT molecular complexity index is 446.